The zero-order valence-corrected chi connectivity index (χ0v) is 18.2. The third-order valence-corrected chi connectivity index (χ3v) is 6.87. The van der Waals surface area contributed by atoms with E-state index in [4.69, 9.17) is 14.7 Å². The van der Waals surface area contributed by atoms with E-state index in [1.54, 1.807) is 0 Å². The van der Waals surface area contributed by atoms with Crippen molar-refractivity contribution < 1.29 is 9.53 Å². The van der Waals surface area contributed by atoms with Crippen LogP contribution in [0.15, 0.2) is 0 Å². The molecule has 0 aromatic carbocycles. The number of fused-ring (bicyclic) bond motifs is 2. The Hall–Kier alpha value is -1.89. The van der Waals surface area contributed by atoms with Crippen LogP contribution in [0.4, 0.5) is 11.8 Å². The first-order valence-corrected chi connectivity index (χ1v) is 11.2. The molecule has 7 nitrogen and oxygen atoms in total. The molecule has 7 heteroatoms. The first-order valence-electron chi connectivity index (χ1n) is 11.2. The highest BCUT2D eigenvalue weighted by Crippen LogP contribution is 2.48. The molecule has 0 radical (unpaired) electrons. The summed E-state index contributed by atoms with van der Waals surface area (Å²) in [5.41, 5.74) is 2.74. The van der Waals surface area contributed by atoms with Crippen molar-refractivity contribution in [1.29, 1.82) is 0 Å². The summed E-state index contributed by atoms with van der Waals surface area (Å²) in [6.45, 7) is 7.01. The molecule has 160 valence electrons. The van der Waals surface area contributed by atoms with Gasteiger partial charge < -0.3 is 19.4 Å². The summed E-state index contributed by atoms with van der Waals surface area (Å²) in [6, 6.07) is 0. The number of anilines is 2. The number of aromatic nitrogens is 2. The summed E-state index contributed by atoms with van der Waals surface area (Å²) in [7, 11) is 4.05. The number of nitrogens with zero attached hydrogens (tertiary/aromatic N) is 5. The first kappa shape index (κ1) is 20.4. The van der Waals surface area contributed by atoms with Crippen LogP contribution in [0.2, 0.25) is 0 Å². The summed E-state index contributed by atoms with van der Waals surface area (Å²) in [5, 5.41) is 0. The highest BCUT2D eigenvalue weighted by atomic mass is 16.5. The molecule has 1 spiro atoms. The monoisotopic (exact) mass is 401 g/mol. The Labute approximate surface area is 174 Å². The van der Waals surface area contributed by atoms with E-state index in [0.717, 1.165) is 57.8 Å². The van der Waals surface area contributed by atoms with E-state index in [1.807, 2.05) is 30.8 Å². The second kappa shape index (κ2) is 8.46. The average molecular weight is 402 g/mol. The maximum Gasteiger partial charge on any atom is 0.227 e. The topological polar surface area (TPSA) is 61.8 Å². The Balaban J connectivity index is 1.54. The maximum absolute atomic E-state index is 12.5. The van der Waals surface area contributed by atoms with E-state index in [-0.39, 0.29) is 11.3 Å². The zero-order chi connectivity index (χ0) is 20.4. The van der Waals surface area contributed by atoms with Gasteiger partial charge in [-0.2, -0.15) is 4.98 Å². The minimum Gasteiger partial charge on any atom is -0.381 e. The van der Waals surface area contributed by atoms with Crippen LogP contribution in [-0.2, 0) is 21.4 Å². The van der Waals surface area contributed by atoms with Gasteiger partial charge in [0.25, 0.3) is 0 Å². The average Bonchev–Trinajstić information content (AvgIpc) is 3.37. The smallest absolute Gasteiger partial charge is 0.227 e. The molecule has 0 saturated carbocycles. The van der Waals surface area contributed by atoms with Gasteiger partial charge in [0.1, 0.15) is 5.82 Å². The molecule has 0 bridgehead atoms. The number of piperidine rings is 1. The van der Waals surface area contributed by atoms with Crippen LogP contribution < -0.4 is 9.80 Å². The number of ether oxygens (including phenoxy) is 1. The number of hydrogen-bond acceptors (Lipinski definition) is 6. The third kappa shape index (κ3) is 3.93. The lowest BCUT2D eigenvalue weighted by Gasteiger charge is -2.39. The van der Waals surface area contributed by atoms with E-state index in [1.165, 1.54) is 29.9 Å². The van der Waals surface area contributed by atoms with Crippen molar-refractivity contribution in [3.8, 4) is 0 Å². The lowest BCUT2D eigenvalue weighted by atomic mass is 9.76. The van der Waals surface area contributed by atoms with E-state index in [9.17, 15) is 4.79 Å². The molecule has 1 aliphatic carbocycles. The zero-order valence-electron chi connectivity index (χ0n) is 18.2. The van der Waals surface area contributed by atoms with Crippen molar-refractivity contribution >= 4 is 17.7 Å². The number of amides is 1. The molecule has 2 aliphatic heterocycles. The van der Waals surface area contributed by atoms with Crippen LogP contribution in [-0.4, -0.2) is 74.3 Å². The number of rotatable bonds is 6. The van der Waals surface area contributed by atoms with Gasteiger partial charge in [-0.15, -0.1) is 0 Å². The summed E-state index contributed by atoms with van der Waals surface area (Å²) in [5.74, 6) is 2.21. The van der Waals surface area contributed by atoms with Crippen LogP contribution in [0, 0.1) is 0 Å². The van der Waals surface area contributed by atoms with Crippen LogP contribution in [0.1, 0.15) is 56.7 Å². The number of carbonyl (C=O) groups excluding carboxylic acids is 1. The van der Waals surface area contributed by atoms with Crippen molar-refractivity contribution in [2.45, 2.75) is 57.3 Å². The van der Waals surface area contributed by atoms with E-state index in [2.05, 4.69) is 4.90 Å². The standard InChI is InChI=1S/C22H35N5O2/c1-4-29-16-8-18(28)26-14-10-22(11-15-26)9-7-17-19(22)23-21(25(2)3)24-20(17)27-12-5-6-13-27/h4-16H2,1-3H3. The fourth-order valence-electron chi connectivity index (χ4n) is 5.14. The van der Waals surface area contributed by atoms with Gasteiger partial charge in [-0.05, 0) is 45.4 Å². The normalized spacial score (nSPS) is 20.4. The molecular weight excluding hydrogens is 366 g/mol. The Kier molecular flexibility index (Phi) is 5.95. The molecule has 0 atom stereocenters. The Bertz CT molecular complexity index is 737. The van der Waals surface area contributed by atoms with Crippen molar-refractivity contribution in [3.05, 3.63) is 11.3 Å². The third-order valence-electron chi connectivity index (χ3n) is 6.87. The van der Waals surface area contributed by atoms with E-state index in [0.29, 0.717) is 19.6 Å². The fourth-order valence-corrected chi connectivity index (χ4v) is 5.14. The van der Waals surface area contributed by atoms with Gasteiger partial charge in [0, 0.05) is 57.9 Å². The van der Waals surface area contributed by atoms with Gasteiger partial charge in [0.15, 0.2) is 0 Å². The second-order valence-electron chi connectivity index (χ2n) is 8.87. The van der Waals surface area contributed by atoms with Gasteiger partial charge in [-0.1, -0.05) is 0 Å². The van der Waals surface area contributed by atoms with Gasteiger partial charge in [0.2, 0.25) is 11.9 Å². The number of likely N-dealkylation sites (tertiary alicyclic amines) is 1. The van der Waals surface area contributed by atoms with Crippen molar-refractivity contribution in [2.24, 2.45) is 0 Å². The van der Waals surface area contributed by atoms with Crippen molar-refractivity contribution in [2.75, 3.05) is 63.3 Å². The quantitative estimate of drug-likeness (QED) is 0.682. The molecule has 0 N–H and O–H groups in total. The molecule has 29 heavy (non-hydrogen) atoms. The lowest BCUT2D eigenvalue weighted by molar-refractivity contribution is -0.134. The van der Waals surface area contributed by atoms with E-state index < -0.39 is 0 Å². The van der Waals surface area contributed by atoms with Gasteiger partial charge in [0.05, 0.1) is 18.7 Å². The fraction of sp³-hybridized carbons (Fsp3) is 0.773. The molecule has 2 fully saturated rings. The Morgan fingerprint density at radius 1 is 1.10 bits per heavy atom. The summed E-state index contributed by atoms with van der Waals surface area (Å²) >= 11 is 0. The van der Waals surface area contributed by atoms with Crippen LogP contribution in [0.25, 0.3) is 0 Å². The van der Waals surface area contributed by atoms with Crippen LogP contribution in [0.5, 0.6) is 0 Å². The van der Waals surface area contributed by atoms with Crippen molar-refractivity contribution in [1.82, 2.24) is 14.9 Å². The predicted molar refractivity (Wildman–Crippen MR) is 115 cm³/mol. The van der Waals surface area contributed by atoms with Crippen LogP contribution in [0.3, 0.4) is 0 Å². The predicted octanol–water partition coefficient (Wildman–Crippen LogP) is 2.38. The molecule has 1 amide bonds. The Morgan fingerprint density at radius 2 is 1.83 bits per heavy atom. The van der Waals surface area contributed by atoms with Gasteiger partial charge >= 0.3 is 0 Å². The summed E-state index contributed by atoms with van der Waals surface area (Å²) in [4.78, 5) is 29.0. The minimum atomic E-state index is 0.105. The number of hydrogen-bond donors (Lipinski definition) is 0. The summed E-state index contributed by atoms with van der Waals surface area (Å²) < 4.78 is 5.36. The molecule has 1 aromatic rings. The molecular formula is C22H35N5O2. The molecule has 3 heterocycles. The molecule has 3 aliphatic rings. The Morgan fingerprint density at radius 3 is 2.48 bits per heavy atom. The highest BCUT2D eigenvalue weighted by molar-refractivity contribution is 5.76. The van der Waals surface area contributed by atoms with Gasteiger partial charge in [-0.3, -0.25) is 4.79 Å². The van der Waals surface area contributed by atoms with E-state index >= 15 is 0 Å². The number of carbonyl (C=O) groups is 1. The highest BCUT2D eigenvalue weighted by Gasteiger charge is 2.45. The molecule has 4 rings (SSSR count). The lowest BCUT2D eigenvalue weighted by Crippen LogP contribution is -2.45. The minimum absolute atomic E-state index is 0.105. The SMILES string of the molecule is CCOCCC(=O)N1CCC2(CCc3c(N4CCCC4)nc(N(C)C)nc32)CC1. The molecule has 0 unspecified atom stereocenters. The second-order valence-corrected chi connectivity index (χ2v) is 8.87. The maximum atomic E-state index is 12.5. The summed E-state index contributed by atoms with van der Waals surface area (Å²) in [6.07, 6.45) is 7.19. The van der Waals surface area contributed by atoms with Gasteiger partial charge in [-0.25, -0.2) is 4.98 Å². The molecule has 2 saturated heterocycles. The van der Waals surface area contributed by atoms with Crippen LogP contribution >= 0.6 is 0 Å². The molecule has 1 aromatic heterocycles. The first-order chi connectivity index (χ1) is 14.0. The largest absolute Gasteiger partial charge is 0.381 e. The van der Waals surface area contributed by atoms with Crippen molar-refractivity contribution in [3.63, 3.8) is 0 Å².